The van der Waals surface area contributed by atoms with Crippen LogP contribution < -0.4 is 0 Å². The van der Waals surface area contributed by atoms with E-state index >= 15 is 0 Å². The minimum absolute atomic E-state index is 0.124. The lowest BCUT2D eigenvalue weighted by molar-refractivity contribution is 0.183. The van der Waals surface area contributed by atoms with Gasteiger partial charge in [0.1, 0.15) is 6.61 Å². The summed E-state index contributed by atoms with van der Waals surface area (Å²) >= 11 is 0. The van der Waals surface area contributed by atoms with Crippen LogP contribution in [0.15, 0.2) is 24.3 Å². The van der Waals surface area contributed by atoms with Crippen molar-refractivity contribution in [2.75, 3.05) is 13.7 Å². The number of rotatable bonds is 6. The monoisotopic (exact) mass is 275 g/mol. The molecule has 0 saturated heterocycles. The Morgan fingerprint density at radius 3 is 2.45 bits per heavy atom. The van der Waals surface area contributed by atoms with Crippen LogP contribution in [-0.2, 0) is 17.9 Å². The molecule has 1 heterocycles. The van der Waals surface area contributed by atoms with Gasteiger partial charge in [0.15, 0.2) is 11.6 Å². The number of hydrogen-bond acceptors (Lipinski definition) is 4. The molecule has 5 nitrogen and oxygen atoms in total. The van der Waals surface area contributed by atoms with Crippen molar-refractivity contribution in [3.63, 3.8) is 0 Å². The first-order valence-electron chi connectivity index (χ1n) is 6.79. The van der Waals surface area contributed by atoms with Gasteiger partial charge < -0.3 is 14.4 Å². The second-order valence-corrected chi connectivity index (χ2v) is 5.02. The average molecular weight is 275 g/mol. The Balaban J connectivity index is 2.33. The number of aromatic nitrogens is 3. The van der Waals surface area contributed by atoms with E-state index in [1.807, 2.05) is 16.7 Å². The Morgan fingerprint density at radius 1 is 1.20 bits per heavy atom. The molecule has 0 aliphatic rings. The van der Waals surface area contributed by atoms with Gasteiger partial charge in [0.25, 0.3) is 0 Å². The molecular formula is C15H21N3O2. The highest BCUT2D eigenvalue weighted by Gasteiger charge is 2.13. The SMILES string of the molecule is COCCn1c(CO)nnc1-c1ccc(C(C)C)cc1. The Labute approximate surface area is 119 Å². The van der Waals surface area contributed by atoms with Crippen LogP contribution in [0.25, 0.3) is 11.4 Å². The Hall–Kier alpha value is -1.72. The number of aliphatic hydroxyl groups is 1. The fourth-order valence-corrected chi connectivity index (χ4v) is 2.10. The maximum absolute atomic E-state index is 9.33. The van der Waals surface area contributed by atoms with Gasteiger partial charge in [-0.3, -0.25) is 0 Å². The van der Waals surface area contributed by atoms with E-state index in [1.54, 1.807) is 7.11 Å². The van der Waals surface area contributed by atoms with Crippen molar-refractivity contribution in [1.82, 2.24) is 14.8 Å². The molecule has 0 aliphatic heterocycles. The van der Waals surface area contributed by atoms with Crippen molar-refractivity contribution in [3.8, 4) is 11.4 Å². The summed E-state index contributed by atoms with van der Waals surface area (Å²) in [6.45, 7) is 5.39. The highest BCUT2D eigenvalue weighted by molar-refractivity contribution is 5.56. The zero-order chi connectivity index (χ0) is 14.5. The van der Waals surface area contributed by atoms with E-state index in [4.69, 9.17) is 4.74 Å². The molecule has 0 bridgehead atoms. The van der Waals surface area contributed by atoms with Crippen molar-refractivity contribution >= 4 is 0 Å². The summed E-state index contributed by atoms with van der Waals surface area (Å²) in [7, 11) is 1.65. The molecule has 0 amide bonds. The predicted molar refractivity (Wildman–Crippen MR) is 77.3 cm³/mol. The van der Waals surface area contributed by atoms with Gasteiger partial charge in [-0.1, -0.05) is 38.1 Å². The summed E-state index contributed by atoms with van der Waals surface area (Å²) in [6.07, 6.45) is 0. The molecule has 0 fully saturated rings. The van der Waals surface area contributed by atoms with Gasteiger partial charge in [0, 0.05) is 19.2 Å². The first-order chi connectivity index (χ1) is 9.67. The van der Waals surface area contributed by atoms with E-state index in [1.165, 1.54) is 5.56 Å². The predicted octanol–water partition coefficient (Wildman–Crippen LogP) is 2.21. The maximum atomic E-state index is 9.33. The first-order valence-corrected chi connectivity index (χ1v) is 6.79. The highest BCUT2D eigenvalue weighted by atomic mass is 16.5. The number of nitrogens with zero attached hydrogens (tertiary/aromatic N) is 3. The Kier molecular flexibility index (Phi) is 4.87. The fraction of sp³-hybridized carbons (Fsp3) is 0.467. The topological polar surface area (TPSA) is 60.2 Å². The number of hydrogen-bond donors (Lipinski definition) is 1. The largest absolute Gasteiger partial charge is 0.388 e. The molecule has 0 spiro atoms. The van der Waals surface area contributed by atoms with Gasteiger partial charge in [-0.25, -0.2) is 0 Å². The summed E-state index contributed by atoms with van der Waals surface area (Å²) in [5, 5.41) is 17.5. The van der Waals surface area contributed by atoms with Crippen LogP contribution in [0, 0.1) is 0 Å². The molecule has 5 heteroatoms. The third kappa shape index (κ3) is 3.05. The van der Waals surface area contributed by atoms with Crippen molar-refractivity contribution in [1.29, 1.82) is 0 Å². The molecule has 2 rings (SSSR count). The summed E-state index contributed by atoms with van der Waals surface area (Å²) in [5.74, 6) is 1.83. The minimum Gasteiger partial charge on any atom is -0.388 e. The molecule has 108 valence electrons. The van der Waals surface area contributed by atoms with Crippen molar-refractivity contribution in [3.05, 3.63) is 35.7 Å². The molecule has 0 aliphatic carbocycles. The van der Waals surface area contributed by atoms with E-state index in [0.29, 0.717) is 24.9 Å². The summed E-state index contributed by atoms with van der Waals surface area (Å²) in [4.78, 5) is 0. The minimum atomic E-state index is -0.124. The molecule has 2 aromatic rings. The number of ether oxygens (including phenoxy) is 1. The molecule has 1 aromatic heterocycles. The molecular weight excluding hydrogens is 254 g/mol. The average Bonchev–Trinajstić information content (AvgIpc) is 2.88. The molecule has 0 saturated carbocycles. The van der Waals surface area contributed by atoms with Gasteiger partial charge in [-0.15, -0.1) is 10.2 Å². The lowest BCUT2D eigenvalue weighted by Gasteiger charge is -2.10. The summed E-state index contributed by atoms with van der Waals surface area (Å²) in [6, 6.07) is 8.30. The molecule has 0 atom stereocenters. The Bertz CT molecular complexity index is 547. The number of methoxy groups -OCH3 is 1. The van der Waals surface area contributed by atoms with Gasteiger partial charge in [0.2, 0.25) is 0 Å². The van der Waals surface area contributed by atoms with E-state index < -0.39 is 0 Å². The quantitative estimate of drug-likeness (QED) is 0.878. The number of aliphatic hydroxyl groups excluding tert-OH is 1. The van der Waals surface area contributed by atoms with Gasteiger partial charge in [-0.05, 0) is 11.5 Å². The van der Waals surface area contributed by atoms with E-state index in [-0.39, 0.29) is 6.61 Å². The van der Waals surface area contributed by atoms with Gasteiger partial charge >= 0.3 is 0 Å². The van der Waals surface area contributed by atoms with E-state index in [2.05, 4.69) is 36.2 Å². The second-order valence-electron chi connectivity index (χ2n) is 5.02. The molecule has 1 aromatic carbocycles. The Morgan fingerprint density at radius 2 is 1.90 bits per heavy atom. The third-order valence-corrected chi connectivity index (χ3v) is 3.32. The number of benzene rings is 1. The van der Waals surface area contributed by atoms with Crippen LogP contribution in [0.2, 0.25) is 0 Å². The van der Waals surface area contributed by atoms with Gasteiger partial charge in [0.05, 0.1) is 6.61 Å². The maximum Gasteiger partial charge on any atom is 0.164 e. The standard InChI is InChI=1S/C15H21N3O2/c1-11(2)12-4-6-13(7-5-12)15-17-16-14(10-19)18(15)8-9-20-3/h4-7,11,19H,8-10H2,1-3H3. The smallest absolute Gasteiger partial charge is 0.164 e. The molecule has 0 unspecified atom stereocenters. The van der Waals surface area contributed by atoms with Crippen LogP contribution >= 0.6 is 0 Å². The lowest BCUT2D eigenvalue weighted by Crippen LogP contribution is -2.10. The second kappa shape index (κ2) is 6.63. The third-order valence-electron chi connectivity index (χ3n) is 3.32. The zero-order valence-corrected chi connectivity index (χ0v) is 12.2. The molecule has 20 heavy (non-hydrogen) atoms. The van der Waals surface area contributed by atoms with Gasteiger partial charge in [-0.2, -0.15) is 0 Å². The van der Waals surface area contributed by atoms with Crippen LogP contribution in [0.5, 0.6) is 0 Å². The molecule has 0 radical (unpaired) electrons. The van der Waals surface area contributed by atoms with Crippen LogP contribution in [-0.4, -0.2) is 33.6 Å². The highest BCUT2D eigenvalue weighted by Crippen LogP contribution is 2.22. The molecule has 1 N–H and O–H groups in total. The van der Waals surface area contributed by atoms with Crippen LogP contribution in [0.1, 0.15) is 31.2 Å². The van der Waals surface area contributed by atoms with Crippen molar-refractivity contribution < 1.29 is 9.84 Å². The van der Waals surface area contributed by atoms with Crippen LogP contribution in [0.3, 0.4) is 0 Å². The van der Waals surface area contributed by atoms with Crippen LogP contribution in [0.4, 0.5) is 0 Å². The van der Waals surface area contributed by atoms with Crippen molar-refractivity contribution in [2.24, 2.45) is 0 Å². The van der Waals surface area contributed by atoms with E-state index in [9.17, 15) is 5.11 Å². The zero-order valence-electron chi connectivity index (χ0n) is 12.2. The lowest BCUT2D eigenvalue weighted by atomic mass is 10.0. The first kappa shape index (κ1) is 14.7. The van der Waals surface area contributed by atoms with E-state index in [0.717, 1.165) is 11.4 Å². The normalized spacial score (nSPS) is 11.2. The summed E-state index contributed by atoms with van der Waals surface area (Å²) < 4.78 is 6.99. The summed E-state index contributed by atoms with van der Waals surface area (Å²) in [5.41, 5.74) is 2.29. The van der Waals surface area contributed by atoms with Crippen molar-refractivity contribution in [2.45, 2.75) is 32.9 Å². The fourth-order valence-electron chi connectivity index (χ4n) is 2.10.